The van der Waals surface area contributed by atoms with Crippen LogP contribution in [-0.4, -0.2) is 284 Å². The van der Waals surface area contributed by atoms with Crippen molar-refractivity contribution in [3.8, 4) is 11.5 Å². The molecule has 31 atom stereocenters. The molecule has 10 saturated heterocycles. The summed E-state index contributed by atoms with van der Waals surface area (Å²) in [6.07, 6.45) is -33.8. The highest BCUT2D eigenvalue weighted by Crippen LogP contribution is 2.53. The van der Waals surface area contributed by atoms with E-state index in [1.807, 2.05) is 0 Å². The van der Waals surface area contributed by atoms with Gasteiger partial charge in [0.25, 0.3) is 5.97 Å². The average Bonchev–Trinajstić information content (AvgIpc) is 1.53. The molecule has 10 aliphatic rings. The van der Waals surface area contributed by atoms with Crippen molar-refractivity contribution in [2.45, 2.75) is 277 Å². The molecule has 10 fully saturated rings. The van der Waals surface area contributed by atoms with Crippen molar-refractivity contribution in [1.29, 1.82) is 0 Å². The number of ether oxygens (including phenoxy) is 22. The first-order valence-electron chi connectivity index (χ1n) is 31.3. The van der Waals surface area contributed by atoms with Crippen LogP contribution < -0.4 is 4.74 Å². The summed E-state index contributed by atoms with van der Waals surface area (Å²) in [6, 6.07) is 0. The van der Waals surface area contributed by atoms with Crippen molar-refractivity contribution in [2.75, 3.05) is 41.3 Å². The van der Waals surface area contributed by atoms with Crippen molar-refractivity contribution in [2.24, 2.45) is 5.92 Å². The quantitative estimate of drug-likeness (QED) is 0.104. The van der Waals surface area contributed by atoms with Gasteiger partial charge in [0.15, 0.2) is 66.4 Å². The smallest absolute Gasteiger partial charge is 0.342 e. The molecule has 34 heteroatoms. The van der Waals surface area contributed by atoms with Crippen LogP contribution in [0.15, 0.2) is 0 Å². The monoisotopic (exact) mass is 1390 g/mol. The number of rotatable bonds is 17. The number of phenols is 1. The summed E-state index contributed by atoms with van der Waals surface area (Å²) < 4.78 is 135. The molecule has 1 aromatic carbocycles. The Morgan fingerprint density at radius 2 is 1.34 bits per heavy atom. The number of benzene rings is 1. The molecule has 0 amide bonds. The minimum absolute atomic E-state index is 0.0142. The Morgan fingerprint density at radius 1 is 0.660 bits per heavy atom. The van der Waals surface area contributed by atoms with E-state index in [4.69, 9.17) is 127 Å². The lowest BCUT2D eigenvalue weighted by atomic mass is 9.81. The van der Waals surface area contributed by atoms with Gasteiger partial charge in [0, 0.05) is 27.1 Å². The highest BCUT2D eigenvalue weighted by molar-refractivity contribution is 6.39. The molecule has 0 bridgehead atoms. The highest BCUT2D eigenvalue weighted by Gasteiger charge is 2.73. The summed E-state index contributed by atoms with van der Waals surface area (Å²) in [5.41, 5.74) is -3.37. The normalized spacial score (nSPS) is 47.7. The number of carbonyl (C=O) groups excluding carboxylic acids is 3. The Morgan fingerprint density at radius 3 is 1.99 bits per heavy atom. The number of aliphatic hydroxyl groups excluding tert-OH is 5. The fourth-order valence-electron chi connectivity index (χ4n) is 14.4. The molecule has 0 aliphatic carbocycles. The third kappa shape index (κ3) is 12.9. The lowest BCUT2D eigenvalue weighted by molar-refractivity contribution is -0.428. The van der Waals surface area contributed by atoms with Gasteiger partial charge in [-0.05, 0) is 61.0 Å². The van der Waals surface area contributed by atoms with Crippen LogP contribution in [0.5, 0.6) is 11.5 Å². The second-order valence-corrected chi connectivity index (χ2v) is 26.7. The molecule has 1 aromatic rings. The number of halogens is 2. The van der Waals surface area contributed by atoms with E-state index in [0.717, 1.165) is 0 Å². The number of aromatic hydroxyl groups is 1. The van der Waals surface area contributed by atoms with Crippen molar-refractivity contribution in [3.63, 3.8) is 0 Å². The number of esters is 2. The molecule has 94 heavy (non-hydrogen) atoms. The number of carbonyl (C=O) groups is 3. The number of methoxy groups -OCH3 is 3. The number of fused-ring (bicyclic) bond motifs is 4. The zero-order chi connectivity index (χ0) is 68.2. The first kappa shape index (κ1) is 72.3. The number of aliphatic hydroxyl groups is 6. The fourth-order valence-corrected chi connectivity index (χ4v) is 14.9. The van der Waals surface area contributed by atoms with E-state index < -0.39 is 225 Å². The first-order chi connectivity index (χ1) is 44.4. The molecule has 10 aliphatic heterocycles. The van der Waals surface area contributed by atoms with Crippen LogP contribution in [0.3, 0.4) is 0 Å². The highest BCUT2D eigenvalue weighted by atomic mass is 35.5. The molecule has 10 heterocycles. The van der Waals surface area contributed by atoms with Gasteiger partial charge in [-0.25, -0.2) is 4.79 Å². The third-order valence-corrected chi connectivity index (χ3v) is 20.1. The predicted octanol–water partition coefficient (Wildman–Crippen LogP) is 0.398. The van der Waals surface area contributed by atoms with Gasteiger partial charge >= 0.3 is 17.9 Å². The Kier molecular flexibility index (Phi) is 21.4. The van der Waals surface area contributed by atoms with Crippen molar-refractivity contribution >= 4 is 40.9 Å². The van der Waals surface area contributed by atoms with Crippen LogP contribution in [-0.2, 0) is 109 Å². The molecular formula is C60H86Cl2O32. The Hall–Kier alpha value is -2.99. The van der Waals surface area contributed by atoms with Gasteiger partial charge < -0.3 is 140 Å². The minimum atomic E-state index is -2.14. The number of hydrogen-bond acceptors (Lipinski definition) is 32. The van der Waals surface area contributed by atoms with Gasteiger partial charge in [-0.3, -0.25) is 9.59 Å². The maximum atomic E-state index is 13.5. The number of ketones is 1. The summed E-state index contributed by atoms with van der Waals surface area (Å²) in [7, 11) is 3.90. The lowest BCUT2D eigenvalue weighted by Crippen LogP contribution is -2.72. The minimum Gasteiger partial charge on any atom is -0.505 e. The largest absolute Gasteiger partial charge is 0.505 e. The maximum absolute atomic E-state index is 13.5. The summed E-state index contributed by atoms with van der Waals surface area (Å²) in [6.45, 7) is 14.3. The van der Waals surface area contributed by atoms with Crippen molar-refractivity contribution in [3.05, 3.63) is 21.2 Å². The van der Waals surface area contributed by atoms with Gasteiger partial charge in [0.2, 0.25) is 6.29 Å². The molecule has 0 saturated carbocycles. The summed E-state index contributed by atoms with van der Waals surface area (Å²) in [4.78, 5) is 39.7. The third-order valence-electron chi connectivity index (χ3n) is 19.2. The Labute approximate surface area is 550 Å². The summed E-state index contributed by atoms with van der Waals surface area (Å²) >= 11 is 12.5. The van der Waals surface area contributed by atoms with E-state index in [1.165, 1.54) is 42.1 Å². The predicted molar refractivity (Wildman–Crippen MR) is 308 cm³/mol. The Bertz CT molecular complexity index is 2870. The molecule has 532 valence electrons. The molecule has 2 spiro atoms. The Balaban J connectivity index is 0.716. The lowest BCUT2D eigenvalue weighted by Gasteiger charge is -2.49. The fraction of sp³-hybridized carbons (Fsp3) is 0.850. The van der Waals surface area contributed by atoms with E-state index in [9.17, 15) is 50.1 Å². The topological polar surface area (TPSA) is 396 Å². The molecule has 7 N–H and O–H groups in total. The molecule has 0 radical (unpaired) electrons. The van der Waals surface area contributed by atoms with E-state index >= 15 is 0 Å². The van der Waals surface area contributed by atoms with Crippen LogP contribution in [0, 0.1) is 12.8 Å². The van der Waals surface area contributed by atoms with Gasteiger partial charge in [0.1, 0.15) is 96.2 Å². The van der Waals surface area contributed by atoms with E-state index in [0.29, 0.717) is 0 Å². The van der Waals surface area contributed by atoms with Crippen molar-refractivity contribution < 1.29 is 154 Å². The molecule has 32 nitrogen and oxygen atoms in total. The number of hydrogen-bond donors (Lipinski definition) is 7. The molecule has 11 rings (SSSR count). The van der Waals surface area contributed by atoms with E-state index in [1.54, 1.807) is 48.5 Å². The van der Waals surface area contributed by atoms with Gasteiger partial charge in [-0.2, -0.15) is 0 Å². The molecular weight excluding hydrogens is 1300 g/mol. The van der Waals surface area contributed by atoms with Crippen LogP contribution >= 0.6 is 23.2 Å². The summed E-state index contributed by atoms with van der Waals surface area (Å²) in [5.74, 6) is -7.50. The van der Waals surface area contributed by atoms with E-state index in [-0.39, 0.29) is 59.6 Å². The van der Waals surface area contributed by atoms with Crippen molar-refractivity contribution in [1.82, 2.24) is 0 Å². The number of phenolic OH excluding ortho intramolecular Hbond substituents is 1. The van der Waals surface area contributed by atoms with Gasteiger partial charge in [-0.1, -0.05) is 37.0 Å². The second-order valence-electron chi connectivity index (χ2n) is 25.9. The number of Topliss-reactive ketones (excluding diaryl/α,β-unsaturated/α-hetero) is 1. The van der Waals surface area contributed by atoms with Gasteiger partial charge in [-0.15, -0.1) is 0 Å². The standard InChI is InChI=1S/C60H86Cl2O32/c1-20(2)52(70)86-48-44-31(91-60(92-44)51-50(77-19-78-51)59(72,26(8)64)27(9)90-60)18-76-55(48)88-56-47(75-13)38(68)43(30(17-63)82-56)87-54-39(69)46(42(73-11)23(5)81-54)84-33-16-57(10)49(25(7)80-33)93-58(94-57)15-29(66)41(24(6)89-58)83-32-14-28(65)40(22(4)79-32)85-53(71)34-21(3)35(61)37(67)36(62)45(34)74-12/h20,22-25,27-33,38-44,46-51,54-56,63,65-69,72H,14-19H2,1-13H3. The zero-order valence-electron chi connectivity index (χ0n) is 54.0. The zero-order valence-corrected chi connectivity index (χ0v) is 55.5. The first-order valence-corrected chi connectivity index (χ1v) is 32.1. The molecule has 0 aromatic heterocycles. The summed E-state index contributed by atoms with van der Waals surface area (Å²) in [5, 5.41) is 79.6. The van der Waals surface area contributed by atoms with Gasteiger partial charge in [0.05, 0.1) is 80.4 Å². The SMILES string of the molecule is COc1c(Cl)c(O)c(Cl)c(C)c1C(=O)OC1C(O)CC(OC2C(O)CC3(OC2C)OC2C(C)OC(OC4C(O)C(OC5C(CO)OC(OC6OCC7OC8(OC7C6OC(=O)C(C)C)OC(C)C(O)(C(C)=O)C6OCOC68)C(OC)C5O)OC(C)C4OC)CC2(C)O3)OC1C. The molecule has 31 unspecified atom stereocenters. The van der Waals surface area contributed by atoms with E-state index in [2.05, 4.69) is 0 Å². The van der Waals surface area contributed by atoms with Crippen LogP contribution in [0.25, 0.3) is 0 Å². The average molecular weight is 1390 g/mol. The van der Waals surface area contributed by atoms with Crippen LogP contribution in [0.4, 0.5) is 0 Å². The maximum Gasteiger partial charge on any atom is 0.342 e. The second kappa shape index (κ2) is 27.9. The van der Waals surface area contributed by atoms with Crippen LogP contribution in [0.2, 0.25) is 10.0 Å². The van der Waals surface area contributed by atoms with Crippen LogP contribution in [0.1, 0.15) is 97.5 Å².